The van der Waals surface area contributed by atoms with E-state index in [0.29, 0.717) is 18.1 Å². The third-order valence-electron chi connectivity index (χ3n) is 3.94. The number of aryl methyl sites for hydroxylation is 1. The normalized spacial score (nSPS) is 34.5. The summed E-state index contributed by atoms with van der Waals surface area (Å²) >= 11 is 0. The lowest BCUT2D eigenvalue weighted by Crippen LogP contribution is -2.46. The Morgan fingerprint density at radius 3 is 2.69 bits per heavy atom. The van der Waals surface area contributed by atoms with Gasteiger partial charge in [-0.3, -0.25) is 4.90 Å². The smallest absolute Gasteiger partial charge is 0.133 e. The summed E-state index contributed by atoms with van der Waals surface area (Å²) < 4.78 is 5.12. The van der Waals surface area contributed by atoms with Crippen molar-refractivity contribution in [1.29, 1.82) is 0 Å². The Balaban J connectivity index is 1.72. The van der Waals surface area contributed by atoms with E-state index in [4.69, 9.17) is 10.3 Å². The molecule has 1 aromatic heterocycles. The summed E-state index contributed by atoms with van der Waals surface area (Å²) in [6.45, 7) is 2.87. The fourth-order valence-electron chi connectivity index (χ4n) is 3.25. The van der Waals surface area contributed by atoms with Crippen LogP contribution in [-0.2, 0) is 6.54 Å². The van der Waals surface area contributed by atoms with Gasteiger partial charge in [0.25, 0.3) is 0 Å². The molecule has 0 saturated carbocycles. The molecule has 0 aromatic carbocycles. The minimum atomic E-state index is 0.410. The van der Waals surface area contributed by atoms with Gasteiger partial charge in [0.1, 0.15) is 5.76 Å². The SMILES string of the molecule is Cc1cc(CN2C3CCC2CC(N)C3)no1. The number of aromatic nitrogens is 1. The highest BCUT2D eigenvalue weighted by Gasteiger charge is 2.39. The highest BCUT2D eigenvalue weighted by atomic mass is 16.5. The number of nitrogens with two attached hydrogens (primary N) is 1. The van der Waals surface area contributed by atoms with Crippen molar-refractivity contribution in [2.45, 2.75) is 57.3 Å². The first-order valence-electron chi connectivity index (χ1n) is 6.16. The Bertz CT molecular complexity index is 362. The van der Waals surface area contributed by atoms with Crippen LogP contribution in [0.4, 0.5) is 0 Å². The maximum Gasteiger partial charge on any atom is 0.133 e. The van der Waals surface area contributed by atoms with E-state index in [1.807, 2.05) is 13.0 Å². The molecule has 0 aliphatic carbocycles. The van der Waals surface area contributed by atoms with Crippen molar-refractivity contribution in [3.8, 4) is 0 Å². The van der Waals surface area contributed by atoms with Crippen LogP contribution in [0.25, 0.3) is 0 Å². The Labute approximate surface area is 95.8 Å². The molecule has 2 atom stereocenters. The van der Waals surface area contributed by atoms with Gasteiger partial charge in [0.2, 0.25) is 0 Å². The Morgan fingerprint density at radius 1 is 1.44 bits per heavy atom. The van der Waals surface area contributed by atoms with Crippen LogP contribution < -0.4 is 5.73 Å². The van der Waals surface area contributed by atoms with E-state index in [0.717, 1.165) is 30.8 Å². The second-order valence-corrected chi connectivity index (χ2v) is 5.22. The number of hydrogen-bond donors (Lipinski definition) is 1. The average Bonchev–Trinajstić information content (AvgIpc) is 2.72. The summed E-state index contributed by atoms with van der Waals surface area (Å²) in [4.78, 5) is 2.57. The summed E-state index contributed by atoms with van der Waals surface area (Å²) in [6, 6.07) is 3.79. The molecule has 88 valence electrons. The van der Waals surface area contributed by atoms with Crippen molar-refractivity contribution in [3.63, 3.8) is 0 Å². The van der Waals surface area contributed by atoms with Gasteiger partial charge in [-0.05, 0) is 32.6 Å². The van der Waals surface area contributed by atoms with Crippen LogP contribution in [0.1, 0.15) is 37.1 Å². The summed E-state index contributed by atoms with van der Waals surface area (Å²) in [5.41, 5.74) is 7.11. The molecule has 2 fully saturated rings. The predicted octanol–water partition coefficient (Wildman–Crippen LogP) is 1.44. The van der Waals surface area contributed by atoms with Crippen molar-refractivity contribution in [2.24, 2.45) is 5.73 Å². The average molecular weight is 221 g/mol. The number of fused-ring (bicyclic) bond motifs is 2. The summed E-state index contributed by atoms with van der Waals surface area (Å²) in [5.74, 6) is 0.899. The molecule has 0 radical (unpaired) electrons. The van der Waals surface area contributed by atoms with E-state index in [1.165, 1.54) is 12.8 Å². The molecule has 2 aliphatic heterocycles. The van der Waals surface area contributed by atoms with Gasteiger partial charge >= 0.3 is 0 Å². The lowest BCUT2D eigenvalue weighted by molar-refractivity contribution is 0.117. The number of rotatable bonds is 2. The number of nitrogens with zero attached hydrogens (tertiary/aromatic N) is 2. The molecule has 2 unspecified atom stereocenters. The van der Waals surface area contributed by atoms with E-state index >= 15 is 0 Å². The van der Waals surface area contributed by atoms with Gasteiger partial charge in [0.05, 0.1) is 5.69 Å². The molecule has 2 aliphatic rings. The van der Waals surface area contributed by atoms with Crippen LogP contribution in [-0.4, -0.2) is 28.2 Å². The Hall–Kier alpha value is -0.870. The fraction of sp³-hybridized carbons (Fsp3) is 0.750. The lowest BCUT2D eigenvalue weighted by Gasteiger charge is -2.37. The molecule has 0 spiro atoms. The zero-order valence-corrected chi connectivity index (χ0v) is 9.72. The highest BCUT2D eigenvalue weighted by molar-refractivity contribution is 5.06. The summed E-state index contributed by atoms with van der Waals surface area (Å²) in [5, 5.41) is 4.08. The zero-order valence-electron chi connectivity index (χ0n) is 9.72. The third kappa shape index (κ3) is 1.76. The molecule has 4 nitrogen and oxygen atoms in total. The Kier molecular flexibility index (Phi) is 2.48. The first-order valence-corrected chi connectivity index (χ1v) is 6.16. The van der Waals surface area contributed by atoms with Gasteiger partial charge in [-0.2, -0.15) is 0 Å². The van der Waals surface area contributed by atoms with Crippen molar-refractivity contribution in [3.05, 3.63) is 17.5 Å². The van der Waals surface area contributed by atoms with Crippen molar-refractivity contribution in [2.75, 3.05) is 0 Å². The largest absolute Gasteiger partial charge is 0.361 e. The molecule has 3 heterocycles. The lowest BCUT2D eigenvalue weighted by atomic mass is 9.98. The molecule has 2 saturated heterocycles. The summed E-state index contributed by atoms with van der Waals surface area (Å²) in [7, 11) is 0. The quantitative estimate of drug-likeness (QED) is 0.821. The van der Waals surface area contributed by atoms with Gasteiger partial charge < -0.3 is 10.3 Å². The zero-order chi connectivity index (χ0) is 11.1. The second-order valence-electron chi connectivity index (χ2n) is 5.22. The maximum atomic E-state index is 6.05. The van der Waals surface area contributed by atoms with Gasteiger partial charge in [-0.15, -0.1) is 0 Å². The standard InChI is InChI=1S/C12H19N3O/c1-8-4-10(14-16-8)7-15-11-2-3-12(15)6-9(13)5-11/h4,9,11-12H,2-3,5-7,13H2,1H3. The van der Waals surface area contributed by atoms with Gasteiger partial charge in [-0.1, -0.05) is 5.16 Å². The van der Waals surface area contributed by atoms with Gasteiger partial charge in [0, 0.05) is 30.7 Å². The van der Waals surface area contributed by atoms with Crippen molar-refractivity contribution in [1.82, 2.24) is 10.1 Å². The van der Waals surface area contributed by atoms with Crippen LogP contribution in [0.5, 0.6) is 0 Å². The van der Waals surface area contributed by atoms with Crippen LogP contribution in [0, 0.1) is 6.92 Å². The monoisotopic (exact) mass is 221 g/mol. The van der Waals surface area contributed by atoms with Crippen LogP contribution in [0.15, 0.2) is 10.6 Å². The topological polar surface area (TPSA) is 55.3 Å². The second kappa shape index (κ2) is 3.86. The van der Waals surface area contributed by atoms with Crippen molar-refractivity contribution >= 4 is 0 Å². The number of hydrogen-bond acceptors (Lipinski definition) is 4. The molecule has 0 amide bonds. The van der Waals surface area contributed by atoms with Gasteiger partial charge in [0.15, 0.2) is 0 Å². The minimum absolute atomic E-state index is 0.410. The molecule has 1 aromatic rings. The number of piperidine rings is 1. The van der Waals surface area contributed by atoms with E-state index in [2.05, 4.69) is 10.1 Å². The molecule has 2 bridgehead atoms. The van der Waals surface area contributed by atoms with E-state index in [1.54, 1.807) is 0 Å². The first kappa shape index (κ1) is 10.3. The molecule has 4 heteroatoms. The van der Waals surface area contributed by atoms with E-state index < -0.39 is 0 Å². The van der Waals surface area contributed by atoms with Gasteiger partial charge in [-0.25, -0.2) is 0 Å². The first-order chi connectivity index (χ1) is 7.72. The molecular weight excluding hydrogens is 202 g/mol. The third-order valence-corrected chi connectivity index (χ3v) is 3.94. The summed E-state index contributed by atoms with van der Waals surface area (Å²) in [6.07, 6.45) is 4.89. The van der Waals surface area contributed by atoms with E-state index in [9.17, 15) is 0 Å². The highest BCUT2D eigenvalue weighted by Crippen LogP contribution is 2.35. The molecule has 2 N–H and O–H groups in total. The van der Waals surface area contributed by atoms with Crippen molar-refractivity contribution < 1.29 is 4.52 Å². The van der Waals surface area contributed by atoms with Crippen LogP contribution >= 0.6 is 0 Å². The Morgan fingerprint density at radius 2 is 2.12 bits per heavy atom. The molecule has 16 heavy (non-hydrogen) atoms. The van der Waals surface area contributed by atoms with Crippen LogP contribution in [0.2, 0.25) is 0 Å². The fourth-order valence-corrected chi connectivity index (χ4v) is 3.25. The predicted molar refractivity (Wildman–Crippen MR) is 60.8 cm³/mol. The minimum Gasteiger partial charge on any atom is -0.361 e. The maximum absolute atomic E-state index is 6.05. The van der Waals surface area contributed by atoms with E-state index in [-0.39, 0.29) is 0 Å². The molecular formula is C12H19N3O. The van der Waals surface area contributed by atoms with Crippen LogP contribution in [0.3, 0.4) is 0 Å². The molecule has 3 rings (SSSR count).